The van der Waals surface area contributed by atoms with Crippen LogP contribution in [0.3, 0.4) is 0 Å². The van der Waals surface area contributed by atoms with E-state index in [-0.39, 0.29) is 0 Å². The van der Waals surface area contributed by atoms with E-state index in [2.05, 4.69) is 46.8 Å². The third-order valence-electron chi connectivity index (χ3n) is 3.99. The van der Waals surface area contributed by atoms with E-state index < -0.39 is 0 Å². The van der Waals surface area contributed by atoms with Crippen molar-refractivity contribution < 1.29 is 0 Å². The topological polar surface area (TPSA) is 29.3 Å². The van der Waals surface area contributed by atoms with E-state index in [1.54, 1.807) is 11.3 Å². The largest absolute Gasteiger partial charge is 0.364 e. The fraction of sp³-hybridized carbons (Fsp3) is 0.412. The second-order valence-electron chi connectivity index (χ2n) is 5.64. The van der Waals surface area contributed by atoms with E-state index >= 15 is 0 Å². The van der Waals surface area contributed by atoms with Crippen LogP contribution < -0.4 is 10.6 Å². The van der Waals surface area contributed by atoms with Crippen molar-refractivity contribution >= 4 is 17.0 Å². The van der Waals surface area contributed by atoms with Gasteiger partial charge in [0.15, 0.2) is 0 Å². The second kappa shape index (κ2) is 5.98. The van der Waals surface area contributed by atoms with Crippen LogP contribution in [0.25, 0.3) is 0 Å². The van der Waals surface area contributed by atoms with Crippen LogP contribution in [-0.2, 0) is 13.0 Å². The smallest absolute Gasteiger partial charge is 0.0440 e. The maximum Gasteiger partial charge on any atom is 0.0440 e. The summed E-state index contributed by atoms with van der Waals surface area (Å²) in [6.07, 6.45) is 3.63. The van der Waals surface area contributed by atoms with Crippen LogP contribution >= 0.6 is 11.3 Å². The molecule has 1 aliphatic rings. The molecule has 1 aromatic carbocycles. The Balaban J connectivity index is 1.82. The summed E-state index contributed by atoms with van der Waals surface area (Å²) in [6.45, 7) is 3.95. The summed E-state index contributed by atoms with van der Waals surface area (Å²) in [6, 6.07) is 9.81. The van der Waals surface area contributed by atoms with Crippen LogP contribution in [0, 0.1) is 6.92 Å². The predicted octanol–water partition coefficient (Wildman–Crippen LogP) is 3.73. The monoisotopic (exact) mass is 286 g/mol. The van der Waals surface area contributed by atoms with Gasteiger partial charge in [0, 0.05) is 18.3 Å². The van der Waals surface area contributed by atoms with Crippen LogP contribution in [0.4, 0.5) is 5.69 Å². The Kier molecular flexibility index (Phi) is 4.08. The molecule has 1 fully saturated rings. The third-order valence-corrected chi connectivity index (χ3v) is 4.72. The SMILES string of the molecule is Cc1cc(N(Cc2ccsc2)C2CC2)ccc1CCN. The minimum Gasteiger partial charge on any atom is -0.364 e. The first-order chi connectivity index (χ1) is 9.78. The van der Waals surface area contributed by atoms with Gasteiger partial charge < -0.3 is 10.6 Å². The average molecular weight is 286 g/mol. The van der Waals surface area contributed by atoms with Crippen LogP contribution in [0.5, 0.6) is 0 Å². The van der Waals surface area contributed by atoms with Crippen LogP contribution in [0.15, 0.2) is 35.0 Å². The molecule has 0 atom stereocenters. The molecule has 0 amide bonds. The molecule has 2 N–H and O–H groups in total. The van der Waals surface area contributed by atoms with E-state index in [1.807, 2.05) is 0 Å². The number of rotatable bonds is 6. The Morgan fingerprint density at radius 1 is 1.30 bits per heavy atom. The van der Waals surface area contributed by atoms with Crippen molar-refractivity contribution in [1.82, 2.24) is 0 Å². The number of thiophene rings is 1. The summed E-state index contributed by atoms with van der Waals surface area (Å²) in [5, 5.41) is 4.42. The third kappa shape index (κ3) is 3.05. The van der Waals surface area contributed by atoms with Gasteiger partial charge in [-0.15, -0.1) is 0 Å². The van der Waals surface area contributed by atoms with Crippen molar-refractivity contribution in [3.63, 3.8) is 0 Å². The minimum absolute atomic E-state index is 0.724. The molecule has 0 aliphatic heterocycles. The molecule has 0 saturated heterocycles. The van der Waals surface area contributed by atoms with Gasteiger partial charge in [0.25, 0.3) is 0 Å². The lowest BCUT2D eigenvalue weighted by Gasteiger charge is -2.25. The molecule has 2 nitrogen and oxygen atoms in total. The van der Waals surface area contributed by atoms with Gasteiger partial charge >= 0.3 is 0 Å². The first kappa shape index (κ1) is 13.7. The predicted molar refractivity (Wildman–Crippen MR) is 87.5 cm³/mol. The zero-order valence-electron chi connectivity index (χ0n) is 12.0. The number of hydrogen-bond acceptors (Lipinski definition) is 3. The van der Waals surface area contributed by atoms with Crippen molar-refractivity contribution in [1.29, 1.82) is 0 Å². The van der Waals surface area contributed by atoms with Gasteiger partial charge in [0.2, 0.25) is 0 Å². The van der Waals surface area contributed by atoms with E-state index in [9.17, 15) is 0 Å². The molecule has 1 aliphatic carbocycles. The fourth-order valence-corrected chi connectivity index (χ4v) is 3.35. The van der Waals surface area contributed by atoms with Crippen molar-refractivity contribution in [3.8, 4) is 0 Å². The molecule has 3 heteroatoms. The van der Waals surface area contributed by atoms with Gasteiger partial charge in [-0.05, 0) is 78.4 Å². The average Bonchev–Trinajstić information content (AvgIpc) is 3.15. The first-order valence-corrected chi connectivity index (χ1v) is 8.29. The number of aryl methyl sites for hydroxylation is 1. The van der Waals surface area contributed by atoms with Crippen LogP contribution in [-0.4, -0.2) is 12.6 Å². The molecule has 1 heterocycles. The minimum atomic E-state index is 0.724. The van der Waals surface area contributed by atoms with E-state index in [4.69, 9.17) is 5.73 Å². The molecule has 2 aromatic rings. The normalized spacial score (nSPS) is 14.5. The number of nitrogens with two attached hydrogens (primary N) is 1. The number of nitrogens with zero attached hydrogens (tertiary/aromatic N) is 1. The quantitative estimate of drug-likeness (QED) is 0.877. The zero-order chi connectivity index (χ0) is 13.9. The standard InChI is InChI=1S/C17H22N2S/c1-13-10-17(3-2-15(13)6-8-18)19(16-4-5-16)11-14-7-9-20-12-14/h2-3,7,9-10,12,16H,4-6,8,11,18H2,1H3. The molecule has 0 unspecified atom stereocenters. The van der Waals surface area contributed by atoms with Gasteiger partial charge in [-0.2, -0.15) is 11.3 Å². The highest BCUT2D eigenvalue weighted by Gasteiger charge is 2.29. The maximum atomic E-state index is 5.67. The summed E-state index contributed by atoms with van der Waals surface area (Å²) in [5.74, 6) is 0. The van der Waals surface area contributed by atoms with Gasteiger partial charge in [0.05, 0.1) is 0 Å². The number of benzene rings is 1. The highest BCUT2D eigenvalue weighted by Crippen LogP contribution is 2.34. The molecule has 3 rings (SSSR count). The molecule has 0 bridgehead atoms. The Labute approximate surface area is 125 Å². The van der Waals surface area contributed by atoms with E-state index in [0.717, 1.165) is 25.6 Å². The Morgan fingerprint density at radius 3 is 2.75 bits per heavy atom. The van der Waals surface area contributed by atoms with E-state index in [0.29, 0.717) is 0 Å². The summed E-state index contributed by atoms with van der Waals surface area (Å²) in [7, 11) is 0. The lowest BCUT2D eigenvalue weighted by Crippen LogP contribution is -2.24. The highest BCUT2D eigenvalue weighted by molar-refractivity contribution is 7.07. The summed E-state index contributed by atoms with van der Waals surface area (Å²) < 4.78 is 0. The highest BCUT2D eigenvalue weighted by atomic mass is 32.1. The molecule has 0 radical (unpaired) electrons. The summed E-state index contributed by atoms with van der Waals surface area (Å²) >= 11 is 1.78. The first-order valence-electron chi connectivity index (χ1n) is 7.35. The second-order valence-corrected chi connectivity index (χ2v) is 6.42. The van der Waals surface area contributed by atoms with Gasteiger partial charge in [-0.3, -0.25) is 0 Å². The Morgan fingerprint density at radius 2 is 2.15 bits per heavy atom. The lowest BCUT2D eigenvalue weighted by molar-refractivity contribution is 0.795. The van der Waals surface area contributed by atoms with Crippen molar-refractivity contribution in [2.75, 3.05) is 11.4 Å². The van der Waals surface area contributed by atoms with Gasteiger partial charge in [-0.1, -0.05) is 6.07 Å². The molecule has 1 saturated carbocycles. The molecule has 0 spiro atoms. The zero-order valence-corrected chi connectivity index (χ0v) is 12.8. The fourth-order valence-electron chi connectivity index (χ4n) is 2.69. The van der Waals surface area contributed by atoms with Crippen molar-refractivity contribution in [3.05, 3.63) is 51.7 Å². The van der Waals surface area contributed by atoms with Gasteiger partial charge in [-0.25, -0.2) is 0 Å². The number of hydrogen-bond donors (Lipinski definition) is 1. The van der Waals surface area contributed by atoms with E-state index in [1.165, 1.54) is 35.2 Å². The molecule has 1 aromatic heterocycles. The summed E-state index contributed by atoms with van der Waals surface area (Å²) in [4.78, 5) is 2.56. The summed E-state index contributed by atoms with van der Waals surface area (Å²) in [5.41, 5.74) is 11.2. The molecule has 20 heavy (non-hydrogen) atoms. The lowest BCUT2D eigenvalue weighted by atomic mass is 10.0. The Bertz CT molecular complexity index is 558. The number of anilines is 1. The molecular formula is C17H22N2S. The molecule has 106 valence electrons. The van der Waals surface area contributed by atoms with Crippen molar-refractivity contribution in [2.24, 2.45) is 5.73 Å². The maximum absolute atomic E-state index is 5.67. The Hall–Kier alpha value is -1.32. The van der Waals surface area contributed by atoms with Gasteiger partial charge in [0.1, 0.15) is 0 Å². The van der Waals surface area contributed by atoms with Crippen LogP contribution in [0.2, 0.25) is 0 Å². The molecular weight excluding hydrogens is 264 g/mol. The van der Waals surface area contributed by atoms with Crippen LogP contribution in [0.1, 0.15) is 29.5 Å². The van der Waals surface area contributed by atoms with Crippen molar-refractivity contribution in [2.45, 2.75) is 38.8 Å².